The van der Waals surface area contributed by atoms with Gasteiger partial charge >= 0.3 is 0 Å². The van der Waals surface area contributed by atoms with Crippen LogP contribution in [-0.4, -0.2) is 28.9 Å². The van der Waals surface area contributed by atoms with Crippen LogP contribution in [0.5, 0.6) is 5.75 Å². The SMILES string of the molecule is COc1cc(C)c(Cc2ccc3oc(-c4ccc(F)cc4)c(C(N)=O)c3c2)cc1C(=O)NC1(c2ncc(C)cn2)CC1. The molecule has 2 aromatic heterocycles. The fraction of sp³-hybridized carbons (Fsp3) is 0.212. The molecule has 1 saturated carbocycles. The molecule has 212 valence electrons. The third-order valence-electron chi connectivity index (χ3n) is 7.71. The molecule has 3 aromatic carbocycles. The van der Waals surface area contributed by atoms with Gasteiger partial charge in [0.15, 0.2) is 5.82 Å². The van der Waals surface area contributed by atoms with Gasteiger partial charge in [-0.05, 0) is 104 Å². The van der Waals surface area contributed by atoms with Crippen molar-refractivity contribution in [3.63, 3.8) is 0 Å². The maximum absolute atomic E-state index is 13.6. The van der Waals surface area contributed by atoms with Gasteiger partial charge in [0.2, 0.25) is 0 Å². The van der Waals surface area contributed by atoms with Gasteiger partial charge in [0, 0.05) is 23.3 Å². The molecule has 2 heterocycles. The number of aryl methyl sites for hydroxylation is 2. The molecule has 3 N–H and O–H groups in total. The first kappa shape index (κ1) is 27.1. The van der Waals surface area contributed by atoms with Crippen molar-refractivity contribution in [2.45, 2.75) is 38.6 Å². The maximum Gasteiger partial charge on any atom is 0.255 e. The number of benzene rings is 3. The van der Waals surface area contributed by atoms with Gasteiger partial charge in [-0.2, -0.15) is 0 Å². The van der Waals surface area contributed by atoms with Crippen LogP contribution in [0.15, 0.2) is 71.4 Å². The fourth-order valence-electron chi connectivity index (χ4n) is 5.24. The molecule has 1 aliphatic rings. The van der Waals surface area contributed by atoms with Gasteiger partial charge in [-0.3, -0.25) is 9.59 Å². The number of primary amides is 1. The Balaban J connectivity index is 1.33. The second kappa shape index (κ2) is 10.4. The lowest BCUT2D eigenvalue weighted by atomic mass is 9.95. The molecule has 0 atom stereocenters. The molecule has 6 rings (SSSR count). The molecule has 0 aliphatic heterocycles. The highest BCUT2D eigenvalue weighted by molar-refractivity contribution is 6.10. The summed E-state index contributed by atoms with van der Waals surface area (Å²) in [5.41, 5.74) is 10.6. The number of nitrogens with one attached hydrogen (secondary N) is 1. The highest BCUT2D eigenvalue weighted by atomic mass is 19.1. The fourth-order valence-corrected chi connectivity index (χ4v) is 5.24. The summed E-state index contributed by atoms with van der Waals surface area (Å²) >= 11 is 0. The van der Waals surface area contributed by atoms with E-state index in [2.05, 4.69) is 15.3 Å². The summed E-state index contributed by atoms with van der Waals surface area (Å²) in [4.78, 5) is 35.0. The van der Waals surface area contributed by atoms with Crippen LogP contribution >= 0.6 is 0 Å². The number of methoxy groups -OCH3 is 1. The lowest BCUT2D eigenvalue weighted by Gasteiger charge is -2.19. The second-order valence-corrected chi connectivity index (χ2v) is 10.8. The highest BCUT2D eigenvalue weighted by Gasteiger charge is 2.48. The van der Waals surface area contributed by atoms with Gasteiger partial charge in [-0.1, -0.05) is 6.07 Å². The van der Waals surface area contributed by atoms with Crippen molar-refractivity contribution >= 4 is 22.8 Å². The molecule has 0 spiro atoms. The van der Waals surface area contributed by atoms with Crippen molar-refractivity contribution in [1.29, 1.82) is 0 Å². The molecular weight excluding hydrogens is 535 g/mol. The molecule has 1 aliphatic carbocycles. The lowest BCUT2D eigenvalue weighted by molar-refractivity contribution is 0.0924. The van der Waals surface area contributed by atoms with E-state index in [0.29, 0.717) is 45.9 Å². The number of amides is 2. The van der Waals surface area contributed by atoms with E-state index in [9.17, 15) is 14.0 Å². The van der Waals surface area contributed by atoms with Crippen molar-refractivity contribution in [1.82, 2.24) is 15.3 Å². The first-order valence-corrected chi connectivity index (χ1v) is 13.6. The van der Waals surface area contributed by atoms with Gasteiger partial charge in [-0.25, -0.2) is 14.4 Å². The zero-order valence-electron chi connectivity index (χ0n) is 23.5. The van der Waals surface area contributed by atoms with E-state index < -0.39 is 17.3 Å². The third-order valence-corrected chi connectivity index (χ3v) is 7.71. The first-order valence-electron chi connectivity index (χ1n) is 13.6. The number of ether oxygens (including phenoxy) is 1. The van der Waals surface area contributed by atoms with E-state index in [-0.39, 0.29) is 11.5 Å². The number of hydrogen-bond acceptors (Lipinski definition) is 6. The van der Waals surface area contributed by atoms with E-state index >= 15 is 0 Å². The Morgan fingerprint density at radius 1 is 1.05 bits per heavy atom. The number of furan rings is 1. The second-order valence-electron chi connectivity index (χ2n) is 10.8. The normalized spacial score (nSPS) is 13.6. The predicted molar refractivity (Wildman–Crippen MR) is 156 cm³/mol. The summed E-state index contributed by atoms with van der Waals surface area (Å²) in [6.07, 6.45) is 5.50. The van der Waals surface area contributed by atoms with Crippen molar-refractivity contribution in [3.05, 3.63) is 112 Å². The van der Waals surface area contributed by atoms with Crippen LogP contribution in [0.1, 0.15) is 61.6 Å². The smallest absolute Gasteiger partial charge is 0.255 e. The summed E-state index contributed by atoms with van der Waals surface area (Å²) < 4.78 is 25.1. The van der Waals surface area contributed by atoms with Gasteiger partial charge < -0.3 is 20.2 Å². The van der Waals surface area contributed by atoms with Crippen LogP contribution < -0.4 is 15.8 Å². The zero-order valence-corrected chi connectivity index (χ0v) is 23.5. The van der Waals surface area contributed by atoms with E-state index in [1.54, 1.807) is 30.6 Å². The van der Waals surface area contributed by atoms with Crippen LogP contribution in [-0.2, 0) is 12.0 Å². The molecule has 1 fully saturated rings. The molecule has 9 heteroatoms. The molecule has 0 radical (unpaired) electrons. The molecular formula is C33H29FN4O4. The van der Waals surface area contributed by atoms with Gasteiger partial charge in [0.1, 0.15) is 28.4 Å². The Labute approximate surface area is 241 Å². The number of carbonyl (C=O) groups is 2. The van der Waals surface area contributed by atoms with Crippen LogP contribution in [0, 0.1) is 19.7 Å². The highest BCUT2D eigenvalue weighted by Crippen LogP contribution is 2.44. The van der Waals surface area contributed by atoms with E-state index in [1.807, 2.05) is 38.1 Å². The summed E-state index contributed by atoms with van der Waals surface area (Å²) in [6.45, 7) is 3.88. The Morgan fingerprint density at radius 3 is 2.40 bits per heavy atom. The van der Waals surface area contributed by atoms with Crippen molar-refractivity contribution < 1.29 is 23.1 Å². The van der Waals surface area contributed by atoms with Gasteiger partial charge in [-0.15, -0.1) is 0 Å². The van der Waals surface area contributed by atoms with Crippen LogP contribution in [0.4, 0.5) is 4.39 Å². The number of nitrogens with two attached hydrogens (primary N) is 1. The summed E-state index contributed by atoms with van der Waals surface area (Å²) in [6, 6.07) is 14.9. The average molecular weight is 565 g/mol. The quantitative estimate of drug-likeness (QED) is 0.247. The monoisotopic (exact) mass is 564 g/mol. The van der Waals surface area contributed by atoms with Crippen molar-refractivity contribution in [2.75, 3.05) is 7.11 Å². The Bertz CT molecular complexity index is 1840. The van der Waals surface area contributed by atoms with Gasteiger partial charge in [0.25, 0.3) is 11.8 Å². The predicted octanol–water partition coefficient (Wildman–Crippen LogP) is 5.76. The van der Waals surface area contributed by atoms with Crippen molar-refractivity contribution in [3.8, 4) is 17.1 Å². The van der Waals surface area contributed by atoms with Crippen molar-refractivity contribution in [2.24, 2.45) is 5.73 Å². The maximum atomic E-state index is 13.6. The average Bonchev–Trinajstić information content (AvgIpc) is 3.65. The minimum atomic E-state index is -0.642. The molecule has 2 amide bonds. The number of halogens is 1. The Morgan fingerprint density at radius 2 is 1.76 bits per heavy atom. The van der Waals surface area contributed by atoms with Crippen LogP contribution in [0.2, 0.25) is 0 Å². The lowest BCUT2D eigenvalue weighted by Crippen LogP contribution is -2.36. The summed E-state index contributed by atoms with van der Waals surface area (Å²) in [7, 11) is 1.54. The molecule has 8 nitrogen and oxygen atoms in total. The van der Waals surface area contributed by atoms with Crippen LogP contribution in [0.3, 0.4) is 0 Å². The minimum Gasteiger partial charge on any atom is -0.496 e. The molecule has 0 bridgehead atoms. The number of nitrogens with zero attached hydrogens (tertiary/aromatic N) is 2. The van der Waals surface area contributed by atoms with Crippen LogP contribution in [0.25, 0.3) is 22.3 Å². The third kappa shape index (κ3) is 4.98. The van der Waals surface area contributed by atoms with Gasteiger partial charge in [0.05, 0.1) is 18.2 Å². The van der Waals surface area contributed by atoms with E-state index in [0.717, 1.165) is 35.1 Å². The molecule has 42 heavy (non-hydrogen) atoms. The number of hydrogen-bond donors (Lipinski definition) is 2. The number of carbonyl (C=O) groups excluding carboxylic acids is 2. The molecule has 0 unspecified atom stereocenters. The van der Waals surface area contributed by atoms with E-state index in [4.69, 9.17) is 14.9 Å². The largest absolute Gasteiger partial charge is 0.496 e. The molecule has 5 aromatic rings. The standard InChI is InChI=1S/C33H29FN4O4/c1-18-16-36-32(37-17-18)33(10-11-33)38-31(40)25-15-22(19(2)12-27(25)41-3)13-20-4-9-26-24(14-20)28(30(35)39)29(42-26)21-5-7-23(34)8-6-21/h4-9,12,14-17H,10-11,13H2,1-3H3,(H2,35,39)(H,38,40). The summed E-state index contributed by atoms with van der Waals surface area (Å²) in [5, 5.41) is 3.71. The number of aromatic nitrogens is 2. The number of fused-ring (bicyclic) bond motifs is 1. The Hall–Kier alpha value is -5.05. The minimum absolute atomic E-state index is 0.234. The van der Waals surface area contributed by atoms with E-state index in [1.165, 1.54) is 19.2 Å². The summed E-state index contributed by atoms with van der Waals surface area (Å²) in [5.74, 6) is 0.0692. The number of rotatable bonds is 8. The first-order chi connectivity index (χ1) is 20.2. The Kier molecular flexibility index (Phi) is 6.73. The zero-order chi connectivity index (χ0) is 29.6. The topological polar surface area (TPSA) is 120 Å². The molecule has 0 saturated heterocycles.